The Labute approximate surface area is 113 Å². The van der Waals surface area contributed by atoms with E-state index in [2.05, 4.69) is 10.4 Å². The summed E-state index contributed by atoms with van der Waals surface area (Å²) in [6.07, 6.45) is 2.23. The van der Waals surface area contributed by atoms with Gasteiger partial charge in [0.25, 0.3) is 0 Å². The highest BCUT2D eigenvalue weighted by molar-refractivity contribution is 5.91. The maximum atomic E-state index is 11.8. The number of nitriles is 1. The highest BCUT2D eigenvalue weighted by Gasteiger charge is 2.12. The summed E-state index contributed by atoms with van der Waals surface area (Å²) < 4.78 is 1.16. The highest BCUT2D eigenvalue weighted by atomic mass is 16.6. The van der Waals surface area contributed by atoms with Crippen LogP contribution < -0.4 is 5.32 Å². The molecule has 0 saturated carbocycles. The van der Waals surface area contributed by atoms with Crippen molar-refractivity contribution in [2.24, 2.45) is 0 Å². The first-order valence-corrected chi connectivity index (χ1v) is 5.56. The number of amides is 1. The molecule has 1 N–H and O–H groups in total. The van der Waals surface area contributed by atoms with Crippen LogP contribution in [0.1, 0.15) is 5.56 Å². The molecule has 0 unspecified atom stereocenters. The van der Waals surface area contributed by atoms with E-state index in [1.165, 1.54) is 0 Å². The normalized spacial score (nSPS) is 9.75. The monoisotopic (exact) mass is 271 g/mol. The second-order valence-corrected chi connectivity index (χ2v) is 3.86. The van der Waals surface area contributed by atoms with Gasteiger partial charge >= 0.3 is 5.69 Å². The zero-order chi connectivity index (χ0) is 14.5. The lowest BCUT2D eigenvalue weighted by atomic mass is 10.2. The van der Waals surface area contributed by atoms with E-state index >= 15 is 0 Å². The van der Waals surface area contributed by atoms with Gasteiger partial charge in [0.2, 0.25) is 5.91 Å². The second-order valence-electron chi connectivity index (χ2n) is 3.86. The van der Waals surface area contributed by atoms with E-state index in [4.69, 9.17) is 5.26 Å². The molecule has 1 aromatic heterocycles. The summed E-state index contributed by atoms with van der Waals surface area (Å²) in [5, 5.41) is 25.6. The zero-order valence-electron chi connectivity index (χ0n) is 10.2. The summed E-state index contributed by atoms with van der Waals surface area (Å²) in [5.41, 5.74) is 0.546. The van der Waals surface area contributed by atoms with Gasteiger partial charge in [-0.1, -0.05) is 12.1 Å². The third-order valence-electron chi connectivity index (χ3n) is 2.46. The number of anilines is 1. The molecule has 1 aromatic carbocycles. The van der Waals surface area contributed by atoms with Crippen molar-refractivity contribution in [3.8, 4) is 6.07 Å². The Morgan fingerprint density at radius 3 is 2.90 bits per heavy atom. The van der Waals surface area contributed by atoms with Gasteiger partial charge in [0.05, 0.1) is 16.2 Å². The molecule has 0 radical (unpaired) electrons. The molecule has 2 aromatic rings. The number of para-hydroxylation sites is 1. The van der Waals surface area contributed by atoms with E-state index in [9.17, 15) is 14.9 Å². The van der Waals surface area contributed by atoms with Crippen LogP contribution >= 0.6 is 0 Å². The van der Waals surface area contributed by atoms with Gasteiger partial charge in [-0.2, -0.15) is 10.4 Å². The van der Waals surface area contributed by atoms with Crippen LogP contribution in [-0.2, 0) is 11.3 Å². The topological polar surface area (TPSA) is 114 Å². The van der Waals surface area contributed by atoms with Crippen LogP contribution in [0.25, 0.3) is 0 Å². The molecule has 20 heavy (non-hydrogen) atoms. The summed E-state index contributed by atoms with van der Waals surface area (Å²) >= 11 is 0. The van der Waals surface area contributed by atoms with E-state index < -0.39 is 10.8 Å². The number of hydrogen-bond donors (Lipinski definition) is 1. The number of hydrogen-bond acceptors (Lipinski definition) is 5. The number of nitrogens with one attached hydrogen (secondary N) is 1. The highest BCUT2D eigenvalue weighted by Crippen LogP contribution is 2.13. The van der Waals surface area contributed by atoms with Crippen molar-refractivity contribution in [2.45, 2.75) is 6.54 Å². The van der Waals surface area contributed by atoms with Crippen LogP contribution in [0.5, 0.6) is 0 Å². The predicted octanol–water partition coefficient (Wildman–Crippen LogP) is 1.30. The minimum absolute atomic E-state index is 0.173. The first-order chi connectivity index (χ1) is 9.60. The molecule has 1 amide bonds. The number of aromatic nitrogens is 2. The van der Waals surface area contributed by atoms with Crippen molar-refractivity contribution in [3.63, 3.8) is 0 Å². The number of carbonyl (C=O) groups excluding carboxylic acids is 1. The zero-order valence-corrected chi connectivity index (χ0v) is 10.2. The van der Waals surface area contributed by atoms with Crippen molar-refractivity contribution < 1.29 is 9.72 Å². The third kappa shape index (κ3) is 2.97. The molecular formula is C12H9N5O3. The predicted molar refractivity (Wildman–Crippen MR) is 68.7 cm³/mol. The fourth-order valence-electron chi connectivity index (χ4n) is 1.56. The van der Waals surface area contributed by atoms with E-state index in [1.54, 1.807) is 24.3 Å². The minimum Gasteiger partial charge on any atom is -0.323 e. The number of nitrogens with zero attached hydrogens (tertiary/aromatic N) is 4. The second kappa shape index (κ2) is 5.62. The van der Waals surface area contributed by atoms with Gasteiger partial charge in [-0.05, 0) is 12.1 Å². The molecule has 0 aliphatic carbocycles. The molecule has 0 fully saturated rings. The Kier molecular flexibility index (Phi) is 3.72. The SMILES string of the molecule is N#Cc1ccccc1NC(=O)Cn1cc([N+](=O)[O-])cn1. The van der Waals surface area contributed by atoms with Crippen molar-refractivity contribution in [1.29, 1.82) is 5.26 Å². The van der Waals surface area contributed by atoms with Gasteiger partial charge in [-0.25, -0.2) is 0 Å². The molecule has 0 aliphatic rings. The molecular weight excluding hydrogens is 262 g/mol. The summed E-state index contributed by atoms with van der Waals surface area (Å²) in [6, 6.07) is 8.51. The summed E-state index contributed by atoms with van der Waals surface area (Å²) in [4.78, 5) is 21.7. The van der Waals surface area contributed by atoms with E-state index in [0.717, 1.165) is 17.1 Å². The fourth-order valence-corrected chi connectivity index (χ4v) is 1.56. The van der Waals surface area contributed by atoms with Crippen LogP contribution in [0.3, 0.4) is 0 Å². The van der Waals surface area contributed by atoms with Crippen molar-refractivity contribution in [3.05, 3.63) is 52.3 Å². The van der Waals surface area contributed by atoms with Gasteiger partial charge in [0.1, 0.15) is 25.0 Å². The van der Waals surface area contributed by atoms with Crippen LogP contribution in [-0.4, -0.2) is 20.6 Å². The summed E-state index contributed by atoms with van der Waals surface area (Å²) in [6.45, 7) is -0.173. The molecule has 8 nitrogen and oxygen atoms in total. The molecule has 0 atom stereocenters. The lowest BCUT2D eigenvalue weighted by Crippen LogP contribution is -2.19. The Morgan fingerprint density at radius 1 is 1.50 bits per heavy atom. The Bertz CT molecular complexity index is 701. The van der Waals surface area contributed by atoms with E-state index in [-0.39, 0.29) is 12.2 Å². The molecule has 1 heterocycles. The van der Waals surface area contributed by atoms with Crippen molar-refractivity contribution in [1.82, 2.24) is 9.78 Å². The molecule has 8 heteroatoms. The van der Waals surface area contributed by atoms with E-state index in [0.29, 0.717) is 11.3 Å². The summed E-state index contributed by atoms with van der Waals surface area (Å²) in [5.74, 6) is -0.425. The van der Waals surface area contributed by atoms with Gasteiger partial charge in [0, 0.05) is 0 Å². The molecule has 0 spiro atoms. The number of carbonyl (C=O) groups is 1. The maximum absolute atomic E-state index is 11.8. The van der Waals surface area contributed by atoms with Gasteiger partial charge in [-0.15, -0.1) is 0 Å². The minimum atomic E-state index is -0.591. The van der Waals surface area contributed by atoms with Crippen LogP contribution in [0.4, 0.5) is 11.4 Å². The molecule has 100 valence electrons. The van der Waals surface area contributed by atoms with Crippen LogP contribution in [0.2, 0.25) is 0 Å². The molecule has 0 aliphatic heterocycles. The Morgan fingerprint density at radius 2 is 2.25 bits per heavy atom. The standard InChI is InChI=1S/C12H9N5O3/c13-5-9-3-1-2-4-11(9)15-12(18)8-16-7-10(6-14-16)17(19)20/h1-4,6-7H,8H2,(H,15,18). The largest absolute Gasteiger partial charge is 0.323 e. The van der Waals surface area contributed by atoms with Gasteiger partial charge in [0.15, 0.2) is 0 Å². The average Bonchev–Trinajstić information content (AvgIpc) is 2.88. The quantitative estimate of drug-likeness (QED) is 0.665. The fraction of sp³-hybridized carbons (Fsp3) is 0.0833. The number of rotatable bonds is 4. The number of nitro groups is 1. The van der Waals surface area contributed by atoms with Gasteiger partial charge in [-0.3, -0.25) is 19.6 Å². The number of benzene rings is 1. The smallest absolute Gasteiger partial charge is 0.307 e. The lowest BCUT2D eigenvalue weighted by molar-refractivity contribution is -0.385. The lowest BCUT2D eigenvalue weighted by Gasteiger charge is -2.06. The average molecular weight is 271 g/mol. The maximum Gasteiger partial charge on any atom is 0.307 e. The van der Waals surface area contributed by atoms with Crippen LogP contribution in [0.15, 0.2) is 36.7 Å². The molecule has 2 rings (SSSR count). The Balaban J connectivity index is 2.05. The van der Waals surface area contributed by atoms with Crippen molar-refractivity contribution in [2.75, 3.05) is 5.32 Å². The van der Waals surface area contributed by atoms with Crippen molar-refractivity contribution >= 4 is 17.3 Å². The first kappa shape index (κ1) is 13.2. The van der Waals surface area contributed by atoms with Gasteiger partial charge < -0.3 is 5.32 Å². The van der Waals surface area contributed by atoms with Crippen LogP contribution in [0, 0.1) is 21.4 Å². The molecule has 0 bridgehead atoms. The van der Waals surface area contributed by atoms with E-state index in [1.807, 2.05) is 6.07 Å². The first-order valence-electron chi connectivity index (χ1n) is 5.56. The summed E-state index contributed by atoms with van der Waals surface area (Å²) in [7, 11) is 0. The molecule has 0 saturated heterocycles. The third-order valence-corrected chi connectivity index (χ3v) is 2.46. The Hall–Kier alpha value is -3.21.